The molecule has 1 atom stereocenters. The molecule has 1 aliphatic rings. The van der Waals surface area contributed by atoms with Gasteiger partial charge in [0.15, 0.2) is 11.5 Å². The summed E-state index contributed by atoms with van der Waals surface area (Å²) >= 11 is 0. The molecule has 2 heterocycles. The van der Waals surface area contributed by atoms with Crippen LogP contribution in [0.1, 0.15) is 66.1 Å². The highest BCUT2D eigenvalue weighted by Crippen LogP contribution is 2.46. The number of benzene rings is 1. The summed E-state index contributed by atoms with van der Waals surface area (Å²) in [6.45, 7) is 12.1. The number of aliphatic hydroxyl groups excluding tert-OH is 1. The topological polar surface area (TPSA) is 131 Å². The van der Waals surface area contributed by atoms with Crippen molar-refractivity contribution in [3.05, 3.63) is 45.8 Å². The van der Waals surface area contributed by atoms with Crippen LogP contribution in [0.3, 0.4) is 0 Å². The maximum absolute atomic E-state index is 13.6. The van der Waals surface area contributed by atoms with Crippen LogP contribution in [0.2, 0.25) is 0 Å². The van der Waals surface area contributed by atoms with E-state index in [0.717, 1.165) is 19.6 Å². The first-order valence-electron chi connectivity index (χ1n) is 13.8. The summed E-state index contributed by atoms with van der Waals surface area (Å²) in [5.74, 6) is -1.46. The number of carbonyl (C=O) groups is 3. The fraction of sp³-hybridized carbons (Fsp3) is 0.500. The van der Waals surface area contributed by atoms with Gasteiger partial charge in [-0.05, 0) is 70.1 Å². The molecule has 11 nitrogen and oxygen atoms in total. The summed E-state index contributed by atoms with van der Waals surface area (Å²) < 4.78 is 21.7. The Kier molecular flexibility index (Phi) is 10.4. The van der Waals surface area contributed by atoms with E-state index in [0.29, 0.717) is 40.5 Å². The van der Waals surface area contributed by atoms with Crippen LogP contribution < -0.4 is 14.2 Å². The summed E-state index contributed by atoms with van der Waals surface area (Å²) in [6, 6.07) is 2.40. The molecule has 1 aliphatic heterocycles. The quantitative estimate of drug-likeness (QED) is 0.159. The molecule has 2 N–H and O–H groups in total. The van der Waals surface area contributed by atoms with Crippen LogP contribution in [0.15, 0.2) is 17.7 Å². The molecule has 224 valence electrons. The van der Waals surface area contributed by atoms with Crippen molar-refractivity contribution < 1.29 is 38.4 Å². The number of Topliss-reactive ketones (excluding diaryl/α,β-unsaturated/α-hetero) is 1. The van der Waals surface area contributed by atoms with Crippen LogP contribution in [0.25, 0.3) is 5.76 Å². The number of nitrogens with one attached hydrogen (secondary N) is 1. The van der Waals surface area contributed by atoms with E-state index in [-0.39, 0.29) is 35.7 Å². The summed E-state index contributed by atoms with van der Waals surface area (Å²) in [7, 11) is 4.44. The normalized spacial score (nSPS) is 16.4. The van der Waals surface area contributed by atoms with E-state index in [1.807, 2.05) is 0 Å². The number of hydrogen-bond acceptors (Lipinski definition) is 9. The van der Waals surface area contributed by atoms with Gasteiger partial charge in [-0.15, -0.1) is 0 Å². The lowest BCUT2D eigenvalue weighted by molar-refractivity contribution is -0.140. The van der Waals surface area contributed by atoms with Crippen molar-refractivity contribution in [2.75, 3.05) is 54.1 Å². The number of rotatable bonds is 13. The lowest BCUT2D eigenvalue weighted by Gasteiger charge is -2.27. The van der Waals surface area contributed by atoms with Gasteiger partial charge in [0.2, 0.25) is 5.75 Å². The molecule has 0 saturated carbocycles. The number of hydrogen-bond donors (Lipinski definition) is 2. The molecule has 0 radical (unpaired) electrons. The zero-order valence-electron chi connectivity index (χ0n) is 25.2. The molecule has 3 rings (SSSR count). The minimum Gasteiger partial charge on any atom is -0.507 e. The smallest absolute Gasteiger partial charge is 0.355 e. The predicted molar refractivity (Wildman–Crippen MR) is 154 cm³/mol. The molecule has 0 aliphatic carbocycles. The van der Waals surface area contributed by atoms with Crippen LogP contribution in [0.4, 0.5) is 0 Å². The van der Waals surface area contributed by atoms with Crippen molar-refractivity contribution in [2.45, 2.75) is 47.1 Å². The Morgan fingerprint density at radius 1 is 1.02 bits per heavy atom. The third-order valence-corrected chi connectivity index (χ3v) is 7.46. The Morgan fingerprint density at radius 3 is 2.15 bits per heavy atom. The molecular weight excluding hydrogens is 530 g/mol. The number of aromatic amines is 1. The van der Waals surface area contributed by atoms with Crippen LogP contribution >= 0.6 is 0 Å². The number of likely N-dealkylation sites (tertiary alicyclic amines) is 1. The second-order valence-corrected chi connectivity index (χ2v) is 9.68. The monoisotopic (exact) mass is 571 g/mol. The van der Waals surface area contributed by atoms with Gasteiger partial charge in [-0.25, -0.2) is 4.79 Å². The van der Waals surface area contributed by atoms with Gasteiger partial charge in [-0.2, -0.15) is 0 Å². The summed E-state index contributed by atoms with van der Waals surface area (Å²) in [6.07, 6.45) is 0.616. The number of carbonyl (C=O) groups excluding carboxylic acids is 3. The van der Waals surface area contributed by atoms with E-state index in [1.54, 1.807) is 32.9 Å². The number of aryl methyl sites for hydroxylation is 1. The highest BCUT2D eigenvalue weighted by atomic mass is 16.5. The Labute approximate surface area is 241 Å². The van der Waals surface area contributed by atoms with E-state index in [2.05, 4.69) is 23.7 Å². The molecule has 0 bridgehead atoms. The lowest BCUT2D eigenvalue weighted by atomic mass is 9.93. The Balaban J connectivity index is 2.24. The van der Waals surface area contributed by atoms with Gasteiger partial charge in [0.05, 0.1) is 39.6 Å². The van der Waals surface area contributed by atoms with Gasteiger partial charge in [0.1, 0.15) is 11.5 Å². The molecule has 1 unspecified atom stereocenters. The van der Waals surface area contributed by atoms with Crippen molar-refractivity contribution in [1.29, 1.82) is 0 Å². The standard InChI is InChI=1S/C30H41N3O8/c1-9-32(10-2)13-12-14-33-25(19-15-20(38-6)28(40-8)21(16-19)39-7)23(27(35)29(33)36)26(34)22-17(4)24(31-18(22)5)30(37)41-11-3/h15-16,25,31,34H,9-14H2,1-8H3/b26-23+. The Hall–Kier alpha value is -3.99. The fourth-order valence-electron chi connectivity index (χ4n) is 5.37. The highest BCUT2D eigenvalue weighted by Gasteiger charge is 2.47. The van der Waals surface area contributed by atoms with E-state index in [1.165, 1.54) is 26.2 Å². The number of nitrogens with zero attached hydrogens (tertiary/aromatic N) is 2. The number of aromatic nitrogens is 1. The molecule has 1 saturated heterocycles. The first kappa shape index (κ1) is 31.5. The summed E-state index contributed by atoms with van der Waals surface area (Å²) in [5, 5.41) is 11.7. The number of amides is 1. The van der Waals surface area contributed by atoms with Gasteiger partial charge in [-0.3, -0.25) is 9.59 Å². The second-order valence-electron chi connectivity index (χ2n) is 9.68. The maximum Gasteiger partial charge on any atom is 0.355 e. The van der Waals surface area contributed by atoms with Gasteiger partial charge < -0.3 is 38.8 Å². The van der Waals surface area contributed by atoms with Crippen molar-refractivity contribution in [3.8, 4) is 17.2 Å². The number of ketones is 1. The molecule has 0 spiro atoms. The van der Waals surface area contributed by atoms with Gasteiger partial charge in [0.25, 0.3) is 11.7 Å². The summed E-state index contributed by atoms with van der Waals surface area (Å²) in [5.41, 5.74) is 1.72. The number of esters is 1. The van der Waals surface area contributed by atoms with Gasteiger partial charge >= 0.3 is 5.97 Å². The van der Waals surface area contributed by atoms with E-state index in [9.17, 15) is 19.5 Å². The Bertz CT molecular complexity index is 1300. The second kappa shape index (κ2) is 13.6. The highest BCUT2D eigenvalue weighted by molar-refractivity contribution is 6.46. The van der Waals surface area contributed by atoms with Crippen molar-refractivity contribution in [2.24, 2.45) is 0 Å². The summed E-state index contributed by atoms with van der Waals surface area (Å²) in [4.78, 5) is 46.3. The van der Waals surface area contributed by atoms with Gasteiger partial charge in [0, 0.05) is 17.8 Å². The number of H-pyrrole nitrogens is 1. The SMILES string of the molecule is CCOC(=O)c1[nH]c(C)c(/C(O)=C2\C(=O)C(=O)N(CCCN(CC)CC)C2c2cc(OC)c(OC)c(OC)c2)c1C. The third kappa shape index (κ3) is 6.04. The first-order valence-corrected chi connectivity index (χ1v) is 13.8. The zero-order chi connectivity index (χ0) is 30.4. The van der Waals surface area contributed by atoms with Crippen molar-refractivity contribution in [1.82, 2.24) is 14.8 Å². The Morgan fingerprint density at radius 2 is 1.63 bits per heavy atom. The van der Waals surface area contributed by atoms with Crippen molar-refractivity contribution >= 4 is 23.4 Å². The first-order chi connectivity index (χ1) is 19.6. The molecule has 11 heteroatoms. The largest absolute Gasteiger partial charge is 0.507 e. The van der Waals surface area contributed by atoms with Crippen LogP contribution in [-0.2, 0) is 14.3 Å². The van der Waals surface area contributed by atoms with Crippen LogP contribution in [0.5, 0.6) is 17.2 Å². The maximum atomic E-state index is 13.6. The lowest BCUT2D eigenvalue weighted by Crippen LogP contribution is -2.33. The number of aliphatic hydroxyl groups is 1. The molecule has 1 aromatic heterocycles. The predicted octanol–water partition coefficient (Wildman–Crippen LogP) is 3.99. The molecule has 1 aromatic carbocycles. The molecular formula is C30H41N3O8. The minimum absolute atomic E-state index is 0.0901. The minimum atomic E-state index is -0.944. The van der Waals surface area contributed by atoms with E-state index in [4.69, 9.17) is 18.9 Å². The van der Waals surface area contributed by atoms with Crippen molar-refractivity contribution in [3.63, 3.8) is 0 Å². The average Bonchev–Trinajstić information content (AvgIpc) is 3.41. The molecule has 41 heavy (non-hydrogen) atoms. The molecule has 1 amide bonds. The van der Waals surface area contributed by atoms with Crippen LogP contribution in [0, 0.1) is 13.8 Å². The van der Waals surface area contributed by atoms with Gasteiger partial charge in [-0.1, -0.05) is 13.8 Å². The van der Waals surface area contributed by atoms with Crippen LogP contribution in [-0.4, -0.2) is 91.7 Å². The average molecular weight is 572 g/mol. The molecule has 1 fully saturated rings. The van der Waals surface area contributed by atoms with E-state index < -0.39 is 23.7 Å². The molecule has 2 aromatic rings. The number of methoxy groups -OCH3 is 3. The fourth-order valence-corrected chi connectivity index (χ4v) is 5.37. The third-order valence-electron chi connectivity index (χ3n) is 7.46. The van der Waals surface area contributed by atoms with E-state index >= 15 is 0 Å². The number of ether oxygens (including phenoxy) is 4. The zero-order valence-corrected chi connectivity index (χ0v) is 25.2.